The Kier molecular flexibility index (Phi) is 6.48. The quantitative estimate of drug-likeness (QED) is 0.454. The minimum absolute atomic E-state index is 0.0296. The van der Waals surface area contributed by atoms with Gasteiger partial charge in [-0.15, -0.1) is 0 Å². The third-order valence-corrected chi connectivity index (χ3v) is 3.71. The largest absolute Gasteiger partial charge is 0.482 e. The molecule has 1 N–H and O–H groups in total. The van der Waals surface area contributed by atoms with Gasteiger partial charge in [0.1, 0.15) is 11.4 Å². The van der Waals surface area contributed by atoms with E-state index >= 15 is 0 Å². The molecule has 8 heteroatoms. The number of aryl methyl sites for hydroxylation is 2. The topological polar surface area (TPSA) is 108 Å². The number of amides is 1. The molecule has 8 nitrogen and oxygen atoms in total. The zero-order valence-electron chi connectivity index (χ0n) is 15.2. The van der Waals surface area contributed by atoms with Gasteiger partial charge in [-0.1, -0.05) is 29.8 Å². The summed E-state index contributed by atoms with van der Waals surface area (Å²) in [5, 5.41) is 13.4. The number of nitrogens with zero attached hydrogens (tertiary/aromatic N) is 1. The fourth-order valence-electron chi connectivity index (χ4n) is 2.36. The third kappa shape index (κ3) is 5.53. The van der Waals surface area contributed by atoms with E-state index < -0.39 is 22.9 Å². The average molecular weight is 372 g/mol. The van der Waals surface area contributed by atoms with Crippen molar-refractivity contribution in [1.82, 2.24) is 0 Å². The number of hydrogen-bond acceptors (Lipinski definition) is 6. The van der Waals surface area contributed by atoms with Gasteiger partial charge in [-0.3, -0.25) is 14.9 Å². The molecule has 1 atom stereocenters. The number of benzene rings is 2. The minimum Gasteiger partial charge on any atom is -0.482 e. The predicted molar refractivity (Wildman–Crippen MR) is 98.7 cm³/mol. The van der Waals surface area contributed by atoms with Crippen molar-refractivity contribution in [2.75, 3.05) is 11.9 Å². The zero-order valence-corrected chi connectivity index (χ0v) is 15.2. The molecule has 1 amide bonds. The van der Waals surface area contributed by atoms with Crippen molar-refractivity contribution in [3.8, 4) is 5.75 Å². The van der Waals surface area contributed by atoms with E-state index in [4.69, 9.17) is 9.47 Å². The molecule has 2 rings (SSSR count). The number of carbonyl (C=O) groups is 2. The lowest BCUT2D eigenvalue weighted by molar-refractivity contribution is -0.383. The first-order valence-electron chi connectivity index (χ1n) is 8.21. The zero-order chi connectivity index (χ0) is 20.0. The second-order valence-corrected chi connectivity index (χ2v) is 5.95. The number of nitrogens with one attached hydrogen (secondary N) is 1. The van der Waals surface area contributed by atoms with Gasteiger partial charge < -0.3 is 14.8 Å². The summed E-state index contributed by atoms with van der Waals surface area (Å²) in [7, 11) is 0. The summed E-state index contributed by atoms with van der Waals surface area (Å²) in [4.78, 5) is 34.4. The van der Waals surface area contributed by atoms with Gasteiger partial charge in [0.25, 0.3) is 11.6 Å². The van der Waals surface area contributed by atoms with Crippen molar-refractivity contribution in [3.63, 3.8) is 0 Å². The maximum absolute atomic E-state index is 12.1. The molecule has 0 spiro atoms. The first-order valence-corrected chi connectivity index (χ1v) is 8.21. The van der Waals surface area contributed by atoms with Crippen LogP contribution in [0.1, 0.15) is 18.1 Å². The van der Waals surface area contributed by atoms with Crippen molar-refractivity contribution in [2.45, 2.75) is 26.9 Å². The number of para-hydroxylation sites is 2. The summed E-state index contributed by atoms with van der Waals surface area (Å²) in [6, 6.07) is 11.2. The number of ether oxygens (including phenoxy) is 2. The van der Waals surface area contributed by atoms with Crippen molar-refractivity contribution in [3.05, 3.63) is 63.7 Å². The first-order chi connectivity index (χ1) is 12.8. The molecule has 0 saturated heterocycles. The first kappa shape index (κ1) is 19.9. The fourth-order valence-corrected chi connectivity index (χ4v) is 2.36. The van der Waals surface area contributed by atoms with Crippen LogP contribution in [0.15, 0.2) is 42.5 Å². The standard InChI is InChI=1S/C19H20N2O6/c1-12-8-9-17(13(2)10-12)26-11-18(22)27-14(3)19(23)20-15-6-4-5-7-16(15)21(24)25/h4-10,14H,11H2,1-3H3,(H,20,23)/t14-/m0/s1. The molecule has 2 aromatic rings. The smallest absolute Gasteiger partial charge is 0.344 e. The predicted octanol–water partition coefficient (Wildman–Crippen LogP) is 3.16. The molecule has 0 heterocycles. The Labute approximate surface area is 156 Å². The SMILES string of the molecule is Cc1ccc(OCC(=O)O[C@@H](C)C(=O)Nc2ccccc2[N+](=O)[O-])c(C)c1. The van der Waals surface area contributed by atoms with Gasteiger partial charge in [0, 0.05) is 6.07 Å². The fraction of sp³-hybridized carbons (Fsp3) is 0.263. The summed E-state index contributed by atoms with van der Waals surface area (Å²) >= 11 is 0. The van der Waals surface area contributed by atoms with Crippen LogP contribution in [0.3, 0.4) is 0 Å². The number of esters is 1. The van der Waals surface area contributed by atoms with Crippen LogP contribution in [-0.2, 0) is 14.3 Å². The number of rotatable bonds is 7. The summed E-state index contributed by atoms with van der Waals surface area (Å²) in [6.07, 6.45) is -1.14. The van der Waals surface area contributed by atoms with Gasteiger partial charge in [-0.05, 0) is 38.5 Å². The Morgan fingerprint density at radius 2 is 1.89 bits per heavy atom. The Morgan fingerprint density at radius 3 is 2.56 bits per heavy atom. The van der Waals surface area contributed by atoms with E-state index in [1.165, 1.54) is 25.1 Å². The molecule has 0 bridgehead atoms. The Morgan fingerprint density at radius 1 is 1.19 bits per heavy atom. The van der Waals surface area contributed by atoms with Crippen molar-refractivity contribution >= 4 is 23.3 Å². The van der Waals surface area contributed by atoms with E-state index in [0.29, 0.717) is 5.75 Å². The molecule has 27 heavy (non-hydrogen) atoms. The lowest BCUT2D eigenvalue weighted by Gasteiger charge is -2.14. The lowest BCUT2D eigenvalue weighted by Crippen LogP contribution is -2.31. The van der Waals surface area contributed by atoms with E-state index in [2.05, 4.69) is 5.32 Å². The van der Waals surface area contributed by atoms with Crippen LogP contribution in [0, 0.1) is 24.0 Å². The molecule has 0 radical (unpaired) electrons. The van der Waals surface area contributed by atoms with E-state index in [-0.39, 0.29) is 18.0 Å². The highest BCUT2D eigenvalue weighted by Gasteiger charge is 2.21. The van der Waals surface area contributed by atoms with Crippen LogP contribution >= 0.6 is 0 Å². The molecule has 0 aliphatic carbocycles. The molecule has 0 aliphatic rings. The average Bonchev–Trinajstić information content (AvgIpc) is 2.61. The second-order valence-electron chi connectivity index (χ2n) is 5.95. The summed E-state index contributed by atoms with van der Waals surface area (Å²) in [6.45, 7) is 4.82. The molecule has 2 aromatic carbocycles. The Hall–Kier alpha value is -3.42. The highest BCUT2D eigenvalue weighted by Crippen LogP contribution is 2.23. The maximum Gasteiger partial charge on any atom is 0.344 e. The van der Waals surface area contributed by atoms with Gasteiger partial charge in [0.15, 0.2) is 12.7 Å². The van der Waals surface area contributed by atoms with E-state index in [9.17, 15) is 19.7 Å². The Bertz CT molecular complexity index is 865. The van der Waals surface area contributed by atoms with Gasteiger partial charge in [0.05, 0.1) is 4.92 Å². The lowest BCUT2D eigenvalue weighted by atomic mass is 10.1. The number of anilines is 1. The molecule has 0 aromatic heterocycles. The van der Waals surface area contributed by atoms with Crippen LogP contribution in [0.5, 0.6) is 5.75 Å². The minimum atomic E-state index is -1.14. The molecule has 142 valence electrons. The van der Waals surface area contributed by atoms with E-state index in [1.807, 2.05) is 26.0 Å². The number of nitro groups is 1. The molecular formula is C19H20N2O6. The van der Waals surface area contributed by atoms with Crippen molar-refractivity contribution < 1.29 is 24.0 Å². The highest BCUT2D eigenvalue weighted by atomic mass is 16.6. The van der Waals surface area contributed by atoms with Gasteiger partial charge in [-0.25, -0.2) is 4.79 Å². The highest BCUT2D eigenvalue weighted by molar-refractivity contribution is 5.96. The van der Waals surface area contributed by atoms with Crippen LogP contribution in [0.2, 0.25) is 0 Å². The number of hydrogen-bond donors (Lipinski definition) is 1. The summed E-state index contributed by atoms with van der Waals surface area (Å²) < 4.78 is 10.4. The normalized spacial score (nSPS) is 11.4. The maximum atomic E-state index is 12.1. The molecule has 0 fully saturated rings. The molecule has 0 aliphatic heterocycles. The van der Waals surface area contributed by atoms with Crippen LogP contribution in [0.25, 0.3) is 0 Å². The summed E-state index contributed by atoms with van der Waals surface area (Å²) in [5.41, 5.74) is 1.73. The van der Waals surface area contributed by atoms with Crippen LogP contribution in [-0.4, -0.2) is 29.5 Å². The molecule has 0 saturated carbocycles. The van der Waals surface area contributed by atoms with Crippen LogP contribution in [0.4, 0.5) is 11.4 Å². The third-order valence-electron chi connectivity index (χ3n) is 3.71. The molecular weight excluding hydrogens is 352 g/mol. The molecule has 0 unspecified atom stereocenters. The van der Waals surface area contributed by atoms with E-state index in [1.54, 1.807) is 12.1 Å². The van der Waals surface area contributed by atoms with Gasteiger partial charge in [-0.2, -0.15) is 0 Å². The second kappa shape index (κ2) is 8.79. The summed E-state index contributed by atoms with van der Waals surface area (Å²) in [5.74, 6) is -0.848. The van der Waals surface area contributed by atoms with E-state index in [0.717, 1.165) is 11.1 Å². The van der Waals surface area contributed by atoms with Gasteiger partial charge in [0.2, 0.25) is 0 Å². The number of carbonyl (C=O) groups excluding carboxylic acids is 2. The monoisotopic (exact) mass is 372 g/mol. The van der Waals surface area contributed by atoms with Crippen molar-refractivity contribution in [1.29, 1.82) is 0 Å². The number of nitro benzene ring substituents is 1. The van der Waals surface area contributed by atoms with Crippen molar-refractivity contribution in [2.24, 2.45) is 0 Å². The van der Waals surface area contributed by atoms with Gasteiger partial charge >= 0.3 is 5.97 Å². The Balaban J connectivity index is 1.90. The van der Waals surface area contributed by atoms with Crippen LogP contribution < -0.4 is 10.1 Å².